The normalized spacial score (nSPS) is 9.81. The molecule has 0 saturated carbocycles. The molecule has 16 heavy (non-hydrogen) atoms. The van der Waals surface area contributed by atoms with Gasteiger partial charge in [-0.1, -0.05) is 18.2 Å². The Morgan fingerprint density at radius 2 is 1.69 bits per heavy atom. The zero-order chi connectivity index (χ0) is 10.8. The number of carbonyl (C=O) groups is 1. The average molecular weight is 232 g/mol. The van der Waals surface area contributed by atoms with Gasteiger partial charge < -0.3 is 5.11 Å². The maximum atomic E-state index is 10.8. The third-order valence-electron chi connectivity index (χ3n) is 1.59. The first-order chi connectivity index (χ1) is 6.41. The quantitative estimate of drug-likeness (QED) is 0.529. The maximum absolute atomic E-state index is 10.8. The number of aliphatic carboxylic acids is 1. The average Bonchev–Trinajstić information content (AvgIpc) is 2.01. The minimum absolute atomic E-state index is 0. The fourth-order valence-electron chi connectivity index (χ4n) is 1.06. The molecule has 2 N–H and O–H groups in total. The standard InChI is InChI=1S/C8H8O5S.2Li.2H/c9-8(10)5-6-3-1-2-4-7(6)14(11,12)13;;;;/h1-4H,5H2,(H,9,10)(H,11,12,13);;;;. The van der Waals surface area contributed by atoms with Crippen LogP contribution in [0.15, 0.2) is 29.2 Å². The van der Waals surface area contributed by atoms with Crippen LogP contribution in [0.3, 0.4) is 0 Å². The summed E-state index contributed by atoms with van der Waals surface area (Å²) >= 11 is 0. The van der Waals surface area contributed by atoms with Crippen LogP contribution in [-0.4, -0.2) is 61.8 Å². The van der Waals surface area contributed by atoms with Crippen molar-refractivity contribution in [3.05, 3.63) is 29.8 Å². The molecule has 0 saturated heterocycles. The van der Waals surface area contributed by atoms with Crippen molar-refractivity contribution in [2.24, 2.45) is 0 Å². The number of hydrogen-bond acceptors (Lipinski definition) is 3. The minimum atomic E-state index is -4.34. The van der Waals surface area contributed by atoms with E-state index in [1.54, 1.807) is 0 Å². The van der Waals surface area contributed by atoms with Crippen molar-refractivity contribution in [3.63, 3.8) is 0 Å². The zero-order valence-corrected chi connectivity index (χ0v) is 7.86. The van der Waals surface area contributed by atoms with Gasteiger partial charge in [-0.3, -0.25) is 9.35 Å². The Hall–Kier alpha value is -0.205. The van der Waals surface area contributed by atoms with E-state index in [2.05, 4.69) is 0 Å². The molecule has 0 aliphatic rings. The van der Waals surface area contributed by atoms with Gasteiger partial charge in [-0.05, 0) is 11.6 Å². The van der Waals surface area contributed by atoms with E-state index in [-0.39, 0.29) is 48.2 Å². The SMILES string of the molecule is O=C(O)Cc1ccccc1S(=O)(=O)O.[LiH].[LiH]. The summed E-state index contributed by atoms with van der Waals surface area (Å²) in [6.07, 6.45) is -0.435. The molecular weight excluding hydrogens is 222 g/mol. The molecular formula is C8H10Li2O5S. The zero-order valence-electron chi connectivity index (χ0n) is 7.04. The molecule has 80 valence electrons. The number of benzene rings is 1. The summed E-state index contributed by atoms with van der Waals surface area (Å²) in [5.74, 6) is -1.15. The van der Waals surface area contributed by atoms with Gasteiger partial charge in [0, 0.05) is 0 Å². The third kappa shape index (κ3) is 5.22. The van der Waals surface area contributed by atoms with Crippen LogP contribution < -0.4 is 0 Å². The Kier molecular flexibility index (Phi) is 8.16. The van der Waals surface area contributed by atoms with Gasteiger partial charge in [0.2, 0.25) is 0 Å². The summed E-state index contributed by atoms with van der Waals surface area (Å²) in [6.45, 7) is 0. The molecule has 0 spiro atoms. The molecule has 5 nitrogen and oxygen atoms in total. The van der Waals surface area contributed by atoms with Gasteiger partial charge in [-0.2, -0.15) is 8.42 Å². The first kappa shape index (κ1) is 18.2. The predicted molar refractivity (Wildman–Crippen MR) is 61.9 cm³/mol. The van der Waals surface area contributed by atoms with Crippen LogP contribution in [0, 0.1) is 0 Å². The summed E-state index contributed by atoms with van der Waals surface area (Å²) in [4.78, 5) is 10.0. The fourth-order valence-corrected chi connectivity index (χ4v) is 1.79. The van der Waals surface area contributed by atoms with E-state index in [1.165, 1.54) is 18.2 Å². The van der Waals surface area contributed by atoms with Crippen molar-refractivity contribution in [2.75, 3.05) is 0 Å². The monoisotopic (exact) mass is 232 g/mol. The van der Waals surface area contributed by atoms with Crippen molar-refractivity contribution in [3.8, 4) is 0 Å². The summed E-state index contributed by atoms with van der Waals surface area (Å²) in [7, 11) is -4.34. The molecule has 0 atom stereocenters. The molecule has 0 amide bonds. The van der Waals surface area contributed by atoms with E-state index >= 15 is 0 Å². The first-order valence-corrected chi connectivity index (χ1v) is 5.12. The summed E-state index contributed by atoms with van der Waals surface area (Å²) in [6, 6.07) is 5.42. The van der Waals surface area contributed by atoms with E-state index in [0.717, 1.165) is 6.07 Å². The summed E-state index contributed by atoms with van der Waals surface area (Å²) in [5.41, 5.74) is 0.0718. The first-order valence-electron chi connectivity index (χ1n) is 3.68. The molecule has 0 heterocycles. The van der Waals surface area contributed by atoms with Gasteiger partial charge in [0.05, 0.1) is 11.3 Å². The van der Waals surface area contributed by atoms with Gasteiger partial charge in [-0.15, -0.1) is 0 Å². The van der Waals surface area contributed by atoms with Crippen LogP contribution in [0.4, 0.5) is 0 Å². The van der Waals surface area contributed by atoms with Gasteiger partial charge in [0.1, 0.15) is 0 Å². The van der Waals surface area contributed by atoms with Crippen LogP contribution in [0.1, 0.15) is 5.56 Å². The molecule has 8 heteroatoms. The van der Waals surface area contributed by atoms with Gasteiger partial charge >= 0.3 is 43.7 Å². The Labute approximate surface area is 117 Å². The van der Waals surface area contributed by atoms with Crippen molar-refractivity contribution in [1.82, 2.24) is 0 Å². The summed E-state index contributed by atoms with van der Waals surface area (Å²) in [5, 5.41) is 8.48. The van der Waals surface area contributed by atoms with E-state index < -0.39 is 22.5 Å². The van der Waals surface area contributed by atoms with Crippen LogP contribution in [-0.2, 0) is 21.3 Å². The van der Waals surface area contributed by atoms with E-state index in [1.807, 2.05) is 0 Å². The Bertz CT molecular complexity index is 457. The van der Waals surface area contributed by atoms with Gasteiger partial charge in [0.25, 0.3) is 10.1 Å². The number of carboxylic acids is 1. The van der Waals surface area contributed by atoms with E-state index in [9.17, 15) is 13.2 Å². The molecule has 0 fully saturated rings. The van der Waals surface area contributed by atoms with Gasteiger partial charge in [-0.25, -0.2) is 0 Å². The van der Waals surface area contributed by atoms with E-state index in [0.29, 0.717) is 0 Å². The molecule has 0 aromatic heterocycles. The Morgan fingerprint density at radius 1 is 1.19 bits per heavy atom. The van der Waals surface area contributed by atoms with Gasteiger partial charge in [0.15, 0.2) is 0 Å². The Morgan fingerprint density at radius 3 is 2.12 bits per heavy atom. The predicted octanol–water partition coefficient (Wildman–Crippen LogP) is -0.737. The fraction of sp³-hybridized carbons (Fsp3) is 0.125. The van der Waals surface area contributed by atoms with Crippen molar-refractivity contribution in [2.45, 2.75) is 11.3 Å². The Balaban J connectivity index is 0. The topological polar surface area (TPSA) is 91.7 Å². The molecule has 0 unspecified atom stereocenters. The molecule has 0 aliphatic carbocycles. The molecule has 0 bridgehead atoms. The third-order valence-corrected chi connectivity index (χ3v) is 2.55. The molecule has 0 radical (unpaired) electrons. The van der Waals surface area contributed by atoms with Crippen molar-refractivity contribution < 1.29 is 22.9 Å². The van der Waals surface area contributed by atoms with E-state index in [4.69, 9.17) is 9.66 Å². The molecule has 1 aromatic rings. The molecule has 1 rings (SSSR count). The van der Waals surface area contributed by atoms with Crippen LogP contribution in [0.2, 0.25) is 0 Å². The number of hydrogen-bond donors (Lipinski definition) is 2. The second-order valence-corrected chi connectivity index (χ2v) is 4.04. The molecule has 1 aromatic carbocycles. The second kappa shape index (κ2) is 7.19. The van der Waals surface area contributed by atoms with Crippen LogP contribution in [0.5, 0.6) is 0 Å². The summed E-state index contributed by atoms with van der Waals surface area (Å²) < 4.78 is 30.4. The number of rotatable bonds is 3. The van der Waals surface area contributed by atoms with Crippen LogP contribution >= 0.6 is 0 Å². The second-order valence-electron chi connectivity index (χ2n) is 2.65. The van der Waals surface area contributed by atoms with Crippen LogP contribution in [0.25, 0.3) is 0 Å². The number of carboxylic acid groups (broad SMARTS) is 1. The van der Waals surface area contributed by atoms with Crippen molar-refractivity contribution in [1.29, 1.82) is 0 Å². The van der Waals surface area contributed by atoms with Crippen molar-refractivity contribution >= 4 is 53.8 Å². The molecule has 0 aliphatic heterocycles.